The molecule has 0 heterocycles. The summed E-state index contributed by atoms with van der Waals surface area (Å²) in [6.45, 7) is 4.07. The second-order valence-corrected chi connectivity index (χ2v) is 6.11. The summed E-state index contributed by atoms with van der Waals surface area (Å²) in [6.07, 6.45) is 0.400. The monoisotopic (exact) mass is 345 g/mol. The smallest absolute Gasteiger partial charge is 0.225 e. The van der Waals surface area contributed by atoms with Gasteiger partial charge in [-0.3, -0.25) is 4.79 Å². The lowest BCUT2D eigenvalue weighted by Crippen LogP contribution is -2.45. The Labute approximate surface area is 134 Å². The van der Waals surface area contributed by atoms with Crippen LogP contribution >= 0.6 is 15.9 Å². The van der Waals surface area contributed by atoms with Gasteiger partial charge in [0.1, 0.15) is 0 Å². The van der Waals surface area contributed by atoms with Crippen molar-refractivity contribution in [1.29, 1.82) is 0 Å². The first-order valence-electron chi connectivity index (χ1n) is 7.01. The fraction of sp³-hybridized carbons (Fsp3) is 0.278. The zero-order valence-electron chi connectivity index (χ0n) is 12.4. The van der Waals surface area contributed by atoms with E-state index in [4.69, 9.17) is 0 Å². The molecule has 3 heteroatoms. The van der Waals surface area contributed by atoms with Crippen LogP contribution in [0.15, 0.2) is 54.6 Å². The molecule has 21 heavy (non-hydrogen) atoms. The minimum Gasteiger partial charge on any atom is -0.346 e. The molecular formula is C18H20BrNO. The quantitative estimate of drug-likeness (QED) is 0.816. The third kappa shape index (κ3) is 4.18. The van der Waals surface area contributed by atoms with E-state index in [-0.39, 0.29) is 5.91 Å². The minimum atomic E-state index is -0.401. The van der Waals surface area contributed by atoms with Gasteiger partial charge in [0.2, 0.25) is 5.91 Å². The number of rotatable bonds is 5. The number of hydrogen-bond acceptors (Lipinski definition) is 1. The van der Waals surface area contributed by atoms with Crippen LogP contribution in [0.5, 0.6) is 0 Å². The van der Waals surface area contributed by atoms with Gasteiger partial charge in [-0.25, -0.2) is 0 Å². The van der Waals surface area contributed by atoms with E-state index in [9.17, 15) is 4.79 Å². The molecule has 0 aliphatic rings. The van der Waals surface area contributed by atoms with Gasteiger partial charge in [-0.05, 0) is 25.0 Å². The van der Waals surface area contributed by atoms with Crippen molar-refractivity contribution in [2.24, 2.45) is 0 Å². The Balaban J connectivity index is 2.10. The first-order chi connectivity index (χ1) is 10.0. The fourth-order valence-electron chi connectivity index (χ4n) is 2.35. The van der Waals surface area contributed by atoms with Crippen LogP contribution in [0.25, 0.3) is 0 Å². The summed E-state index contributed by atoms with van der Waals surface area (Å²) in [4.78, 5) is 12.3. The standard InChI is InChI=1S/C18H20BrNO/c1-14-7-6-8-15(11-14)12-17(21)20-18(2,13-19)16-9-4-3-5-10-16/h3-11H,12-13H2,1-2H3,(H,20,21). The first-order valence-corrected chi connectivity index (χ1v) is 8.14. The van der Waals surface area contributed by atoms with Crippen molar-refractivity contribution in [2.45, 2.75) is 25.8 Å². The number of benzene rings is 2. The van der Waals surface area contributed by atoms with E-state index in [1.807, 2.05) is 68.4 Å². The lowest BCUT2D eigenvalue weighted by atomic mass is 9.94. The summed E-state index contributed by atoms with van der Waals surface area (Å²) in [5.74, 6) is 0.0337. The van der Waals surface area contributed by atoms with Crippen molar-refractivity contribution in [3.63, 3.8) is 0 Å². The Morgan fingerprint density at radius 1 is 1.14 bits per heavy atom. The Bertz CT molecular complexity index is 612. The van der Waals surface area contributed by atoms with E-state index in [1.54, 1.807) is 0 Å². The number of aryl methyl sites for hydroxylation is 1. The lowest BCUT2D eigenvalue weighted by molar-refractivity contribution is -0.122. The summed E-state index contributed by atoms with van der Waals surface area (Å²) in [5.41, 5.74) is 2.91. The molecule has 1 unspecified atom stereocenters. The average Bonchev–Trinajstić information content (AvgIpc) is 2.48. The number of amides is 1. The van der Waals surface area contributed by atoms with Gasteiger partial charge in [-0.1, -0.05) is 76.1 Å². The Hall–Kier alpha value is -1.61. The van der Waals surface area contributed by atoms with Gasteiger partial charge in [0.15, 0.2) is 0 Å². The highest BCUT2D eigenvalue weighted by Crippen LogP contribution is 2.23. The van der Waals surface area contributed by atoms with Crippen LogP contribution in [0.3, 0.4) is 0 Å². The molecule has 1 atom stereocenters. The molecule has 2 nitrogen and oxygen atoms in total. The SMILES string of the molecule is Cc1cccc(CC(=O)NC(C)(CBr)c2ccccc2)c1. The molecule has 2 aromatic carbocycles. The molecule has 0 aromatic heterocycles. The van der Waals surface area contributed by atoms with E-state index < -0.39 is 5.54 Å². The van der Waals surface area contributed by atoms with Crippen molar-refractivity contribution in [1.82, 2.24) is 5.32 Å². The molecule has 2 rings (SSSR count). The van der Waals surface area contributed by atoms with E-state index in [1.165, 1.54) is 5.56 Å². The second-order valence-electron chi connectivity index (χ2n) is 5.55. The Morgan fingerprint density at radius 2 is 1.86 bits per heavy atom. The van der Waals surface area contributed by atoms with Gasteiger partial charge in [-0.15, -0.1) is 0 Å². The van der Waals surface area contributed by atoms with Crippen molar-refractivity contribution >= 4 is 21.8 Å². The summed E-state index contributed by atoms with van der Waals surface area (Å²) in [6, 6.07) is 18.1. The van der Waals surface area contributed by atoms with Crippen molar-refractivity contribution < 1.29 is 4.79 Å². The average molecular weight is 346 g/mol. The van der Waals surface area contributed by atoms with Crippen molar-refractivity contribution in [2.75, 3.05) is 5.33 Å². The van der Waals surface area contributed by atoms with E-state index in [0.29, 0.717) is 11.8 Å². The van der Waals surface area contributed by atoms with Gasteiger partial charge in [0, 0.05) is 5.33 Å². The van der Waals surface area contributed by atoms with Gasteiger partial charge in [-0.2, -0.15) is 0 Å². The number of carbonyl (C=O) groups is 1. The Kier molecular flexibility index (Phi) is 5.18. The number of alkyl halides is 1. The molecule has 2 aromatic rings. The summed E-state index contributed by atoms with van der Waals surface area (Å²) in [7, 11) is 0. The highest BCUT2D eigenvalue weighted by molar-refractivity contribution is 9.09. The van der Waals surface area contributed by atoms with E-state index >= 15 is 0 Å². The molecule has 0 aliphatic heterocycles. The fourth-order valence-corrected chi connectivity index (χ4v) is 2.81. The van der Waals surface area contributed by atoms with E-state index in [2.05, 4.69) is 21.2 Å². The summed E-state index contributed by atoms with van der Waals surface area (Å²) >= 11 is 3.52. The highest BCUT2D eigenvalue weighted by Gasteiger charge is 2.27. The molecule has 0 radical (unpaired) electrons. The predicted molar refractivity (Wildman–Crippen MR) is 90.6 cm³/mol. The lowest BCUT2D eigenvalue weighted by Gasteiger charge is -2.29. The zero-order valence-corrected chi connectivity index (χ0v) is 14.0. The van der Waals surface area contributed by atoms with Crippen LogP contribution < -0.4 is 5.32 Å². The molecule has 1 N–H and O–H groups in total. The van der Waals surface area contributed by atoms with Crippen molar-refractivity contribution in [3.8, 4) is 0 Å². The van der Waals surface area contributed by atoms with Crippen LogP contribution in [0.4, 0.5) is 0 Å². The topological polar surface area (TPSA) is 29.1 Å². The first kappa shape index (κ1) is 15.8. The number of nitrogens with one attached hydrogen (secondary N) is 1. The number of halogens is 1. The van der Waals surface area contributed by atoms with Gasteiger partial charge >= 0.3 is 0 Å². The number of carbonyl (C=O) groups excluding carboxylic acids is 1. The molecule has 0 fully saturated rings. The molecule has 1 amide bonds. The Morgan fingerprint density at radius 3 is 2.48 bits per heavy atom. The van der Waals surface area contributed by atoms with Crippen molar-refractivity contribution in [3.05, 3.63) is 71.3 Å². The molecule has 0 saturated heterocycles. The van der Waals surface area contributed by atoms with Crippen LogP contribution in [-0.4, -0.2) is 11.2 Å². The maximum absolute atomic E-state index is 12.3. The van der Waals surface area contributed by atoms with Gasteiger partial charge in [0.25, 0.3) is 0 Å². The van der Waals surface area contributed by atoms with E-state index in [0.717, 1.165) is 11.1 Å². The summed E-state index contributed by atoms with van der Waals surface area (Å²) in [5, 5.41) is 3.81. The van der Waals surface area contributed by atoms with Crippen LogP contribution in [0.2, 0.25) is 0 Å². The molecular weight excluding hydrogens is 326 g/mol. The molecule has 110 valence electrons. The van der Waals surface area contributed by atoms with Crippen LogP contribution in [0, 0.1) is 6.92 Å². The zero-order chi connectivity index (χ0) is 15.3. The van der Waals surface area contributed by atoms with Crippen LogP contribution in [0.1, 0.15) is 23.6 Å². The second kappa shape index (κ2) is 6.90. The van der Waals surface area contributed by atoms with Crippen LogP contribution in [-0.2, 0) is 16.8 Å². The summed E-state index contributed by atoms with van der Waals surface area (Å²) < 4.78 is 0. The maximum Gasteiger partial charge on any atom is 0.225 e. The predicted octanol–water partition coefficient (Wildman–Crippen LogP) is 3.96. The molecule has 0 aliphatic carbocycles. The highest BCUT2D eigenvalue weighted by atomic mass is 79.9. The molecule has 0 spiro atoms. The number of hydrogen-bond donors (Lipinski definition) is 1. The molecule has 0 bridgehead atoms. The molecule has 0 saturated carbocycles. The third-order valence-electron chi connectivity index (χ3n) is 3.54. The minimum absolute atomic E-state index is 0.0337. The largest absolute Gasteiger partial charge is 0.346 e. The van der Waals surface area contributed by atoms with Gasteiger partial charge < -0.3 is 5.32 Å². The maximum atomic E-state index is 12.3. The van der Waals surface area contributed by atoms with Gasteiger partial charge in [0.05, 0.1) is 12.0 Å². The normalized spacial score (nSPS) is 13.5. The third-order valence-corrected chi connectivity index (χ3v) is 4.66.